The first-order valence-corrected chi connectivity index (χ1v) is 7.65. The van der Waals surface area contributed by atoms with Gasteiger partial charge in [0.2, 0.25) is 0 Å². The molecule has 0 heterocycles. The molecule has 0 unspecified atom stereocenters. The van der Waals surface area contributed by atoms with Gasteiger partial charge >= 0.3 is 0 Å². The van der Waals surface area contributed by atoms with Gasteiger partial charge in [-0.25, -0.2) is 4.39 Å². The average molecular weight is 294 g/mol. The zero-order valence-electron chi connectivity index (χ0n) is 12.5. The van der Waals surface area contributed by atoms with Crippen molar-refractivity contribution in [2.45, 2.75) is 57.4 Å². The minimum atomic E-state index is -0.457. The van der Waals surface area contributed by atoms with Crippen molar-refractivity contribution in [3.63, 3.8) is 0 Å². The lowest BCUT2D eigenvalue weighted by Gasteiger charge is -2.37. The molecule has 0 amide bonds. The molecule has 0 bridgehead atoms. The van der Waals surface area contributed by atoms with Gasteiger partial charge in [-0.15, -0.1) is 0 Å². The van der Waals surface area contributed by atoms with Crippen LogP contribution in [0, 0.1) is 21.8 Å². The van der Waals surface area contributed by atoms with Crippen molar-refractivity contribution in [3.05, 3.63) is 39.7 Å². The summed E-state index contributed by atoms with van der Waals surface area (Å²) in [6.07, 6.45) is 6.60. The van der Waals surface area contributed by atoms with Crippen molar-refractivity contribution in [1.29, 1.82) is 0 Å². The van der Waals surface area contributed by atoms with Crippen molar-refractivity contribution < 1.29 is 9.31 Å². The van der Waals surface area contributed by atoms with Gasteiger partial charge in [-0.3, -0.25) is 10.1 Å². The summed E-state index contributed by atoms with van der Waals surface area (Å²) in [7, 11) is 0. The maximum absolute atomic E-state index is 13.4. The minimum absolute atomic E-state index is 0.0306. The number of nitro groups is 1. The minimum Gasteiger partial charge on any atom is -0.325 e. The first-order chi connectivity index (χ1) is 9.93. The predicted molar refractivity (Wildman–Crippen MR) is 80.5 cm³/mol. The lowest BCUT2D eigenvalue weighted by Crippen LogP contribution is -2.45. The van der Waals surface area contributed by atoms with Gasteiger partial charge in [0.25, 0.3) is 5.69 Å². The summed E-state index contributed by atoms with van der Waals surface area (Å²) in [6.45, 7) is 2.18. The van der Waals surface area contributed by atoms with Crippen LogP contribution < -0.4 is 5.73 Å². The fraction of sp³-hybridized carbons (Fsp3) is 0.625. The maximum Gasteiger partial charge on any atom is 0.272 e. The Morgan fingerprint density at radius 1 is 1.43 bits per heavy atom. The molecule has 0 spiro atoms. The predicted octanol–water partition coefficient (Wildman–Crippen LogP) is 3.96. The molecule has 0 aliphatic heterocycles. The number of rotatable bonds is 5. The fourth-order valence-electron chi connectivity index (χ4n) is 3.38. The number of hydrogen-bond acceptors (Lipinski definition) is 3. The topological polar surface area (TPSA) is 69.2 Å². The number of nitrogens with two attached hydrogens (primary N) is 1. The summed E-state index contributed by atoms with van der Waals surface area (Å²) >= 11 is 0. The van der Waals surface area contributed by atoms with Gasteiger partial charge in [-0.1, -0.05) is 19.8 Å². The van der Waals surface area contributed by atoms with E-state index in [2.05, 4.69) is 6.92 Å². The zero-order chi connectivity index (χ0) is 15.5. The van der Waals surface area contributed by atoms with E-state index in [0.29, 0.717) is 17.9 Å². The zero-order valence-corrected chi connectivity index (χ0v) is 12.5. The molecule has 0 atom stereocenters. The molecule has 21 heavy (non-hydrogen) atoms. The molecule has 1 aromatic rings. The highest BCUT2D eigenvalue weighted by Crippen LogP contribution is 2.36. The van der Waals surface area contributed by atoms with E-state index >= 15 is 0 Å². The highest BCUT2D eigenvalue weighted by atomic mass is 19.1. The molecule has 1 fully saturated rings. The van der Waals surface area contributed by atoms with Gasteiger partial charge in [0.1, 0.15) is 5.82 Å². The van der Waals surface area contributed by atoms with Crippen LogP contribution in [0.15, 0.2) is 18.2 Å². The van der Waals surface area contributed by atoms with Crippen LogP contribution >= 0.6 is 0 Å². The number of nitrogens with zero attached hydrogens (tertiary/aromatic N) is 1. The SMILES string of the molecule is CCCC1CCC(N)(Cc2cc(F)ccc2[N+](=O)[O-])CC1. The van der Waals surface area contributed by atoms with E-state index in [1.165, 1.54) is 25.0 Å². The largest absolute Gasteiger partial charge is 0.325 e. The molecule has 0 saturated heterocycles. The van der Waals surface area contributed by atoms with Crippen molar-refractivity contribution in [2.75, 3.05) is 0 Å². The molecule has 1 aliphatic rings. The highest BCUT2D eigenvalue weighted by Gasteiger charge is 2.33. The summed E-state index contributed by atoms with van der Waals surface area (Å²) < 4.78 is 13.4. The van der Waals surface area contributed by atoms with Gasteiger partial charge in [0.05, 0.1) is 4.92 Å². The van der Waals surface area contributed by atoms with Gasteiger partial charge in [-0.2, -0.15) is 0 Å². The standard InChI is InChI=1S/C16H23FN2O2/c1-2-3-12-6-8-16(18,9-7-12)11-13-10-14(17)4-5-15(13)19(20)21/h4-5,10,12H,2-3,6-9,11,18H2,1H3. The van der Waals surface area contributed by atoms with Crippen LogP contribution in [0.1, 0.15) is 51.0 Å². The third kappa shape index (κ3) is 4.00. The smallest absolute Gasteiger partial charge is 0.272 e. The van der Waals surface area contributed by atoms with Crippen LogP contribution in [-0.2, 0) is 6.42 Å². The molecule has 1 aromatic carbocycles. The van der Waals surface area contributed by atoms with Crippen molar-refractivity contribution in [2.24, 2.45) is 11.7 Å². The first kappa shape index (κ1) is 15.9. The van der Waals surface area contributed by atoms with E-state index in [0.717, 1.165) is 31.7 Å². The summed E-state index contributed by atoms with van der Waals surface area (Å²) in [5, 5.41) is 11.1. The number of nitro benzene ring substituents is 1. The molecule has 1 aliphatic carbocycles. The second kappa shape index (κ2) is 6.52. The molecule has 0 radical (unpaired) electrons. The molecule has 1 saturated carbocycles. The lowest BCUT2D eigenvalue weighted by molar-refractivity contribution is -0.385. The van der Waals surface area contributed by atoms with Crippen LogP contribution in [-0.4, -0.2) is 10.5 Å². The Hall–Kier alpha value is -1.49. The van der Waals surface area contributed by atoms with Gasteiger partial charge in [-0.05, 0) is 50.2 Å². The second-order valence-electron chi connectivity index (χ2n) is 6.30. The molecule has 116 valence electrons. The number of benzene rings is 1. The maximum atomic E-state index is 13.4. The average Bonchev–Trinajstić information content (AvgIpc) is 2.41. The highest BCUT2D eigenvalue weighted by molar-refractivity contribution is 5.41. The van der Waals surface area contributed by atoms with Crippen LogP contribution in [0.2, 0.25) is 0 Å². The third-order valence-corrected chi connectivity index (χ3v) is 4.58. The second-order valence-corrected chi connectivity index (χ2v) is 6.30. The Morgan fingerprint density at radius 2 is 2.10 bits per heavy atom. The molecule has 5 heteroatoms. The fourth-order valence-corrected chi connectivity index (χ4v) is 3.38. The van der Waals surface area contributed by atoms with E-state index in [9.17, 15) is 14.5 Å². The molecular formula is C16H23FN2O2. The third-order valence-electron chi connectivity index (χ3n) is 4.58. The first-order valence-electron chi connectivity index (χ1n) is 7.65. The normalized spacial score (nSPS) is 25.8. The van der Waals surface area contributed by atoms with Gasteiger partial charge in [0.15, 0.2) is 0 Å². The monoisotopic (exact) mass is 294 g/mol. The summed E-state index contributed by atoms with van der Waals surface area (Å²) in [6, 6.07) is 3.62. The quantitative estimate of drug-likeness (QED) is 0.660. The lowest BCUT2D eigenvalue weighted by atomic mass is 9.73. The molecule has 0 aromatic heterocycles. The molecule has 4 nitrogen and oxygen atoms in total. The van der Waals surface area contributed by atoms with Crippen LogP contribution in [0.4, 0.5) is 10.1 Å². The van der Waals surface area contributed by atoms with Crippen LogP contribution in [0.3, 0.4) is 0 Å². The summed E-state index contributed by atoms with van der Waals surface area (Å²) in [5.74, 6) is 0.271. The summed E-state index contributed by atoms with van der Waals surface area (Å²) in [5.41, 5.74) is 6.36. The van der Waals surface area contributed by atoms with Gasteiger partial charge in [0, 0.05) is 17.2 Å². The Balaban J connectivity index is 2.11. The summed E-state index contributed by atoms with van der Waals surface area (Å²) in [4.78, 5) is 10.6. The Labute approximate surface area is 124 Å². The molecule has 2 rings (SSSR count). The van der Waals surface area contributed by atoms with Gasteiger partial charge < -0.3 is 5.73 Å². The number of hydrogen-bond donors (Lipinski definition) is 1. The molecule has 2 N–H and O–H groups in total. The van der Waals surface area contributed by atoms with E-state index in [4.69, 9.17) is 5.73 Å². The van der Waals surface area contributed by atoms with E-state index in [1.54, 1.807) is 0 Å². The number of halogens is 1. The van der Waals surface area contributed by atoms with Crippen LogP contribution in [0.25, 0.3) is 0 Å². The van der Waals surface area contributed by atoms with E-state index in [-0.39, 0.29) is 5.69 Å². The molecular weight excluding hydrogens is 271 g/mol. The van der Waals surface area contributed by atoms with Crippen molar-refractivity contribution in [1.82, 2.24) is 0 Å². The van der Waals surface area contributed by atoms with E-state index < -0.39 is 16.3 Å². The van der Waals surface area contributed by atoms with E-state index in [1.807, 2.05) is 0 Å². The van der Waals surface area contributed by atoms with Crippen molar-refractivity contribution in [3.8, 4) is 0 Å². The van der Waals surface area contributed by atoms with Crippen LogP contribution in [0.5, 0.6) is 0 Å². The Bertz CT molecular complexity index is 511. The van der Waals surface area contributed by atoms with Crippen molar-refractivity contribution >= 4 is 5.69 Å². The Kier molecular flexibility index (Phi) is 4.93. The Morgan fingerprint density at radius 3 is 2.67 bits per heavy atom.